The third-order valence-corrected chi connectivity index (χ3v) is 4.26. The molecule has 0 aliphatic rings. The van der Waals surface area contributed by atoms with E-state index in [9.17, 15) is 0 Å². The lowest BCUT2D eigenvalue weighted by atomic mass is 9.97. The SMILES string of the molecule is Cc1ccc(-c2nc3ccc(C)cn3c2C(C)CN)c(C)c1. The van der Waals surface area contributed by atoms with Crippen LogP contribution >= 0.6 is 0 Å². The van der Waals surface area contributed by atoms with Crippen LogP contribution < -0.4 is 5.73 Å². The first-order valence-corrected chi connectivity index (χ1v) is 7.77. The first-order valence-electron chi connectivity index (χ1n) is 7.77. The summed E-state index contributed by atoms with van der Waals surface area (Å²) in [5.41, 5.74) is 14.1. The molecule has 3 heteroatoms. The Kier molecular flexibility index (Phi) is 3.75. The van der Waals surface area contributed by atoms with Crippen LogP contribution in [-0.2, 0) is 0 Å². The summed E-state index contributed by atoms with van der Waals surface area (Å²) in [5, 5.41) is 0. The Labute approximate surface area is 131 Å². The van der Waals surface area contributed by atoms with Gasteiger partial charge >= 0.3 is 0 Å². The Hall–Kier alpha value is -2.13. The minimum Gasteiger partial charge on any atom is -0.330 e. The van der Waals surface area contributed by atoms with Gasteiger partial charge in [0.05, 0.1) is 11.4 Å². The highest BCUT2D eigenvalue weighted by Gasteiger charge is 2.19. The van der Waals surface area contributed by atoms with Crippen molar-refractivity contribution in [1.82, 2.24) is 9.38 Å². The fraction of sp³-hybridized carbons (Fsp3) is 0.316. The van der Waals surface area contributed by atoms with E-state index in [1.165, 1.54) is 27.9 Å². The van der Waals surface area contributed by atoms with Gasteiger partial charge in [-0.15, -0.1) is 0 Å². The fourth-order valence-corrected chi connectivity index (χ4v) is 3.03. The Morgan fingerprint density at radius 1 is 1.09 bits per heavy atom. The van der Waals surface area contributed by atoms with Crippen molar-refractivity contribution in [1.29, 1.82) is 0 Å². The van der Waals surface area contributed by atoms with Crippen molar-refractivity contribution in [2.75, 3.05) is 6.54 Å². The molecule has 3 rings (SSSR count). The zero-order valence-corrected chi connectivity index (χ0v) is 13.7. The molecule has 114 valence electrons. The van der Waals surface area contributed by atoms with E-state index in [0.29, 0.717) is 6.54 Å². The van der Waals surface area contributed by atoms with Gasteiger partial charge in [0.2, 0.25) is 0 Å². The molecule has 0 fully saturated rings. The molecule has 0 saturated carbocycles. The maximum Gasteiger partial charge on any atom is 0.137 e. The second-order valence-electron chi connectivity index (χ2n) is 6.24. The maximum atomic E-state index is 5.96. The molecule has 3 nitrogen and oxygen atoms in total. The van der Waals surface area contributed by atoms with Gasteiger partial charge in [-0.25, -0.2) is 4.98 Å². The number of aromatic nitrogens is 2. The zero-order chi connectivity index (χ0) is 15.9. The van der Waals surface area contributed by atoms with Crippen molar-refractivity contribution in [3.8, 4) is 11.3 Å². The smallest absolute Gasteiger partial charge is 0.137 e. The zero-order valence-electron chi connectivity index (χ0n) is 13.7. The van der Waals surface area contributed by atoms with Gasteiger partial charge in [0, 0.05) is 24.2 Å². The molecule has 0 amide bonds. The number of aryl methyl sites for hydroxylation is 3. The Balaban J connectivity index is 2.32. The van der Waals surface area contributed by atoms with Crippen LogP contribution in [0.4, 0.5) is 0 Å². The minimum atomic E-state index is 0.257. The number of imidazole rings is 1. The van der Waals surface area contributed by atoms with Crippen LogP contribution in [-0.4, -0.2) is 15.9 Å². The molecular weight excluding hydrogens is 270 g/mol. The number of nitrogens with two attached hydrogens (primary N) is 1. The third kappa shape index (κ3) is 2.42. The van der Waals surface area contributed by atoms with Crippen LogP contribution in [0.15, 0.2) is 36.5 Å². The van der Waals surface area contributed by atoms with Gasteiger partial charge < -0.3 is 10.1 Å². The molecule has 0 aliphatic heterocycles. The quantitative estimate of drug-likeness (QED) is 0.793. The first-order chi connectivity index (χ1) is 10.5. The number of rotatable bonds is 3. The van der Waals surface area contributed by atoms with Crippen LogP contribution in [0.25, 0.3) is 16.9 Å². The summed E-state index contributed by atoms with van der Waals surface area (Å²) < 4.78 is 2.20. The average molecular weight is 293 g/mol. The van der Waals surface area contributed by atoms with Crippen LogP contribution in [0.5, 0.6) is 0 Å². The van der Waals surface area contributed by atoms with E-state index in [2.05, 4.69) is 68.6 Å². The van der Waals surface area contributed by atoms with E-state index in [1.54, 1.807) is 0 Å². The van der Waals surface area contributed by atoms with Gasteiger partial charge in [0.25, 0.3) is 0 Å². The normalized spacial score (nSPS) is 12.8. The Morgan fingerprint density at radius 2 is 1.82 bits per heavy atom. The lowest BCUT2D eigenvalue weighted by Gasteiger charge is -2.13. The molecule has 2 aromatic heterocycles. The maximum absolute atomic E-state index is 5.96. The van der Waals surface area contributed by atoms with Gasteiger partial charge in [0.15, 0.2) is 0 Å². The van der Waals surface area contributed by atoms with Crippen molar-refractivity contribution in [3.05, 3.63) is 58.9 Å². The van der Waals surface area contributed by atoms with Crippen molar-refractivity contribution in [2.45, 2.75) is 33.6 Å². The third-order valence-electron chi connectivity index (χ3n) is 4.26. The summed E-state index contributed by atoms with van der Waals surface area (Å²) in [4.78, 5) is 4.89. The summed E-state index contributed by atoms with van der Waals surface area (Å²) >= 11 is 0. The van der Waals surface area contributed by atoms with Gasteiger partial charge in [-0.1, -0.05) is 36.8 Å². The van der Waals surface area contributed by atoms with E-state index in [4.69, 9.17) is 10.7 Å². The number of fused-ring (bicyclic) bond motifs is 1. The van der Waals surface area contributed by atoms with Crippen molar-refractivity contribution < 1.29 is 0 Å². The molecule has 0 spiro atoms. The molecule has 1 unspecified atom stereocenters. The predicted octanol–water partition coefficient (Wildman–Crippen LogP) is 3.99. The van der Waals surface area contributed by atoms with E-state index in [0.717, 1.165) is 11.3 Å². The van der Waals surface area contributed by atoms with Crippen LogP contribution in [0.3, 0.4) is 0 Å². The molecular formula is C19H23N3. The summed E-state index contributed by atoms with van der Waals surface area (Å²) in [6, 6.07) is 10.7. The van der Waals surface area contributed by atoms with Gasteiger partial charge in [-0.2, -0.15) is 0 Å². The van der Waals surface area contributed by atoms with Gasteiger partial charge in [-0.05, 0) is 38.0 Å². The largest absolute Gasteiger partial charge is 0.330 e. The molecule has 0 aliphatic carbocycles. The topological polar surface area (TPSA) is 43.3 Å². The molecule has 2 heterocycles. The van der Waals surface area contributed by atoms with Crippen molar-refractivity contribution in [2.24, 2.45) is 5.73 Å². The number of pyridine rings is 1. The predicted molar refractivity (Wildman–Crippen MR) is 92.3 cm³/mol. The van der Waals surface area contributed by atoms with Gasteiger partial charge in [-0.3, -0.25) is 0 Å². The molecule has 0 radical (unpaired) electrons. The van der Waals surface area contributed by atoms with E-state index in [1.807, 2.05) is 0 Å². The molecule has 0 saturated heterocycles. The van der Waals surface area contributed by atoms with E-state index in [-0.39, 0.29) is 5.92 Å². The molecule has 0 bridgehead atoms. The van der Waals surface area contributed by atoms with Gasteiger partial charge in [0.1, 0.15) is 5.65 Å². The second kappa shape index (κ2) is 5.58. The lowest BCUT2D eigenvalue weighted by molar-refractivity contribution is 0.737. The summed E-state index contributed by atoms with van der Waals surface area (Å²) in [7, 11) is 0. The number of nitrogens with zero attached hydrogens (tertiary/aromatic N) is 2. The first kappa shape index (κ1) is 14.8. The van der Waals surface area contributed by atoms with Crippen molar-refractivity contribution >= 4 is 5.65 Å². The van der Waals surface area contributed by atoms with Crippen LogP contribution in [0, 0.1) is 20.8 Å². The standard InChI is InChI=1S/C19H23N3/c1-12-5-7-16(14(3)9-12)18-19(15(4)10-20)22-11-13(2)6-8-17(22)21-18/h5-9,11,15H,10,20H2,1-4H3. The molecule has 1 atom stereocenters. The second-order valence-corrected chi connectivity index (χ2v) is 6.24. The highest BCUT2D eigenvalue weighted by atomic mass is 15.0. The summed E-state index contributed by atoms with van der Waals surface area (Å²) in [6.07, 6.45) is 2.15. The Bertz CT molecular complexity index is 830. The number of hydrogen-bond acceptors (Lipinski definition) is 2. The number of hydrogen-bond donors (Lipinski definition) is 1. The number of benzene rings is 1. The molecule has 3 aromatic rings. The minimum absolute atomic E-state index is 0.257. The summed E-state index contributed by atoms with van der Waals surface area (Å²) in [5.74, 6) is 0.257. The molecule has 22 heavy (non-hydrogen) atoms. The van der Waals surface area contributed by atoms with E-state index >= 15 is 0 Å². The van der Waals surface area contributed by atoms with Crippen LogP contribution in [0.1, 0.15) is 35.2 Å². The average Bonchev–Trinajstić information content (AvgIpc) is 2.84. The molecule has 1 aromatic carbocycles. The van der Waals surface area contributed by atoms with Crippen LogP contribution in [0.2, 0.25) is 0 Å². The summed E-state index contributed by atoms with van der Waals surface area (Å²) in [6.45, 7) is 9.15. The fourth-order valence-electron chi connectivity index (χ4n) is 3.03. The lowest BCUT2D eigenvalue weighted by Crippen LogP contribution is -2.12. The van der Waals surface area contributed by atoms with E-state index < -0.39 is 0 Å². The molecule has 2 N–H and O–H groups in total. The Morgan fingerprint density at radius 3 is 2.50 bits per heavy atom. The van der Waals surface area contributed by atoms with Crippen molar-refractivity contribution in [3.63, 3.8) is 0 Å². The highest BCUT2D eigenvalue weighted by Crippen LogP contribution is 2.32. The highest BCUT2D eigenvalue weighted by molar-refractivity contribution is 5.70. The monoisotopic (exact) mass is 293 g/mol.